The minimum absolute atomic E-state index is 0.227. The highest BCUT2D eigenvalue weighted by Crippen LogP contribution is 2.26. The number of carboxylic acid groups (broad SMARTS) is 1. The zero-order valence-electron chi connectivity index (χ0n) is 11.2. The highest BCUT2D eigenvalue weighted by Gasteiger charge is 2.40. The zero-order valence-corrected chi connectivity index (χ0v) is 11.2. The molecule has 0 aromatic carbocycles. The number of nitrogens with two attached hydrogens (primary N) is 1. The fourth-order valence-electron chi connectivity index (χ4n) is 1.63. The lowest BCUT2D eigenvalue weighted by atomic mass is 9.80. The van der Waals surface area contributed by atoms with Gasteiger partial charge >= 0.3 is 5.97 Å². The van der Waals surface area contributed by atoms with Gasteiger partial charge in [0.05, 0.1) is 5.41 Å². The first-order valence-corrected chi connectivity index (χ1v) is 6.08. The lowest BCUT2D eigenvalue weighted by molar-refractivity contribution is -0.149. The van der Waals surface area contributed by atoms with Crippen LogP contribution in [0.4, 0.5) is 0 Å². The van der Waals surface area contributed by atoms with Crippen LogP contribution in [0.1, 0.15) is 47.0 Å². The van der Waals surface area contributed by atoms with Gasteiger partial charge in [0, 0.05) is 6.54 Å². The van der Waals surface area contributed by atoms with Gasteiger partial charge in [-0.2, -0.15) is 0 Å². The predicted octanol–water partition coefficient (Wildman–Crippen LogP) is 1.12. The number of hydrogen-bond donors (Lipinski definition) is 3. The summed E-state index contributed by atoms with van der Waals surface area (Å²) in [6.45, 7) is 7.25. The van der Waals surface area contributed by atoms with Gasteiger partial charge in [-0.25, -0.2) is 4.79 Å². The number of hydrogen-bond acceptors (Lipinski definition) is 3. The summed E-state index contributed by atoms with van der Waals surface area (Å²) in [7, 11) is 0. The Labute approximate surface area is 103 Å². The molecule has 100 valence electrons. The molecular formula is C12H24N2O3. The van der Waals surface area contributed by atoms with E-state index in [1.807, 2.05) is 13.8 Å². The SMILES string of the molecule is CCC(CC)(CN)C(=O)NC(C)(CC)C(=O)O. The van der Waals surface area contributed by atoms with Gasteiger partial charge in [-0.05, 0) is 26.2 Å². The van der Waals surface area contributed by atoms with Gasteiger partial charge in [-0.15, -0.1) is 0 Å². The van der Waals surface area contributed by atoms with Crippen molar-refractivity contribution < 1.29 is 14.7 Å². The van der Waals surface area contributed by atoms with E-state index in [0.29, 0.717) is 19.3 Å². The monoisotopic (exact) mass is 244 g/mol. The van der Waals surface area contributed by atoms with Crippen LogP contribution in [0.25, 0.3) is 0 Å². The van der Waals surface area contributed by atoms with Crippen LogP contribution >= 0.6 is 0 Å². The normalized spacial score (nSPS) is 15.1. The standard InChI is InChI=1S/C12H24N2O3/c1-5-11(4,10(16)17)14-9(15)12(6-2,7-3)8-13/h5-8,13H2,1-4H3,(H,14,15)(H,16,17). The number of carbonyl (C=O) groups excluding carboxylic acids is 1. The van der Waals surface area contributed by atoms with E-state index in [0.717, 1.165) is 0 Å². The van der Waals surface area contributed by atoms with Crippen LogP contribution in [0.5, 0.6) is 0 Å². The summed E-state index contributed by atoms with van der Waals surface area (Å²) in [6, 6.07) is 0. The molecule has 0 aliphatic carbocycles. The van der Waals surface area contributed by atoms with Gasteiger partial charge < -0.3 is 16.2 Å². The molecule has 0 aliphatic rings. The molecule has 0 rings (SSSR count). The first-order valence-electron chi connectivity index (χ1n) is 6.08. The van der Waals surface area contributed by atoms with Gasteiger partial charge in [0.2, 0.25) is 5.91 Å². The maximum atomic E-state index is 12.2. The van der Waals surface area contributed by atoms with Gasteiger partial charge in [0.25, 0.3) is 0 Å². The van der Waals surface area contributed by atoms with Crippen molar-refractivity contribution >= 4 is 11.9 Å². The minimum atomic E-state index is -1.22. The third-order valence-electron chi connectivity index (χ3n) is 3.79. The third kappa shape index (κ3) is 3.19. The molecule has 0 saturated heterocycles. The highest BCUT2D eigenvalue weighted by atomic mass is 16.4. The molecule has 0 radical (unpaired) electrons. The average Bonchev–Trinajstić information content (AvgIpc) is 2.31. The summed E-state index contributed by atoms with van der Waals surface area (Å²) < 4.78 is 0. The molecule has 5 heteroatoms. The maximum Gasteiger partial charge on any atom is 0.329 e. The Balaban J connectivity index is 5.00. The molecule has 4 N–H and O–H groups in total. The lowest BCUT2D eigenvalue weighted by Gasteiger charge is -2.33. The van der Waals surface area contributed by atoms with Crippen LogP contribution in [0.2, 0.25) is 0 Å². The minimum Gasteiger partial charge on any atom is -0.480 e. The highest BCUT2D eigenvalue weighted by molar-refractivity contribution is 5.89. The van der Waals surface area contributed by atoms with Crippen molar-refractivity contribution in [3.05, 3.63) is 0 Å². The Kier molecular flexibility index (Phi) is 5.61. The number of aliphatic carboxylic acids is 1. The molecule has 0 heterocycles. The molecule has 0 aromatic rings. The predicted molar refractivity (Wildman–Crippen MR) is 66.5 cm³/mol. The van der Waals surface area contributed by atoms with Crippen LogP contribution < -0.4 is 11.1 Å². The molecule has 17 heavy (non-hydrogen) atoms. The van der Waals surface area contributed by atoms with E-state index in [4.69, 9.17) is 10.8 Å². The third-order valence-corrected chi connectivity index (χ3v) is 3.79. The Morgan fingerprint density at radius 3 is 1.88 bits per heavy atom. The molecule has 0 aromatic heterocycles. The van der Waals surface area contributed by atoms with Gasteiger partial charge in [-0.3, -0.25) is 4.79 Å². The summed E-state index contributed by atoms with van der Waals surface area (Å²) in [5.74, 6) is -1.29. The molecule has 0 bridgehead atoms. The van der Waals surface area contributed by atoms with Crippen LogP contribution in [0, 0.1) is 5.41 Å². The van der Waals surface area contributed by atoms with Crippen molar-refractivity contribution in [2.24, 2.45) is 11.1 Å². The Morgan fingerprint density at radius 1 is 1.18 bits per heavy atom. The van der Waals surface area contributed by atoms with Crippen molar-refractivity contribution in [1.29, 1.82) is 0 Å². The molecule has 0 spiro atoms. The van der Waals surface area contributed by atoms with E-state index in [1.54, 1.807) is 6.92 Å². The van der Waals surface area contributed by atoms with E-state index in [1.165, 1.54) is 6.92 Å². The second kappa shape index (κ2) is 6.00. The van der Waals surface area contributed by atoms with E-state index in [2.05, 4.69) is 5.32 Å². The van der Waals surface area contributed by atoms with Crippen LogP contribution in [-0.4, -0.2) is 29.1 Å². The number of nitrogens with one attached hydrogen (secondary N) is 1. The quantitative estimate of drug-likeness (QED) is 0.625. The van der Waals surface area contributed by atoms with Crippen molar-refractivity contribution in [3.8, 4) is 0 Å². The van der Waals surface area contributed by atoms with Gasteiger partial charge in [-0.1, -0.05) is 20.8 Å². The fraction of sp³-hybridized carbons (Fsp3) is 0.833. The lowest BCUT2D eigenvalue weighted by Crippen LogP contribution is -2.57. The molecule has 0 saturated carbocycles. The summed E-state index contributed by atoms with van der Waals surface area (Å²) >= 11 is 0. The Hall–Kier alpha value is -1.10. The molecular weight excluding hydrogens is 220 g/mol. The first kappa shape index (κ1) is 15.9. The Morgan fingerprint density at radius 2 is 1.65 bits per heavy atom. The first-order chi connectivity index (χ1) is 7.81. The van der Waals surface area contributed by atoms with Crippen molar-refractivity contribution in [2.45, 2.75) is 52.5 Å². The van der Waals surface area contributed by atoms with Gasteiger partial charge in [0.1, 0.15) is 5.54 Å². The van der Waals surface area contributed by atoms with E-state index >= 15 is 0 Å². The number of carbonyl (C=O) groups is 2. The Bertz CT molecular complexity index is 279. The summed E-state index contributed by atoms with van der Waals surface area (Å²) in [5, 5.41) is 11.7. The van der Waals surface area contributed by atoms with Crippen LogP contribution in [0.3, 0.4) is 0 Å². The van der Waals surface area contributed by atoms with Crippen molar-refractivity contribution in [2.75, 3.05) is 6.54 Å². The maximum absolute atomic E-state index is 12.2. The van der Waals surface area contributed by atoms with Gasteiger partial charge in [0.15, 0.2) is 0 Å². The molecule has 0 fully saturated rings. The summed E-state index contributed by atoms with van der Waals surface area (Å²) in [5.41, 5.74) is 3.78. The fourth-order valence-corrected chi connectivity index (χ4v) is 1.63. The molecule has 1 unspecified atom stereocenters. The second-order valence-corrected chi connectivity index (χ2v) is 4.64. The molecule has 5 nitrogen and oxygen atoms in total. The van der Waals surface area contributed by atoms with E-state index in [-0.39, 0.29) is 12.5 Å². The topological polar surface area (TPSA) is 92.4 Å². The summed E-state index contributed by atoms with van der Waals surface area (Å²) in [4.78, 5) is 23.3. The number of rotatable bonds is 7. The smallest absolute Gasteiger partial charge is 0.329 e. The average molecular weight is 244 g/mol. The van der Waals surface area contributed by atoms with Crippen molar-refractivity contribution in [3.63, 3.8) is 0 Å². The molecule has 1 amide bonds. The van der Waals surface area contributed by atoms with Crippen molar-refractivity contribution in [1.82, 2.24) is 5.32 Å². The summed E-state index contributed by atoms with van der Waals surface area (Å²) in [6.07, 6.45) is 1.54. The van der Waals surface area contributed by atoms with Crippen LogP contribution in [-0.2, 0) is 9.59 Å². The van der Waals surface area contributed by atoms with E-state index < -0.39 is 16.9 Å². The second-order valence-electron chi connectivity index (χ2n) is 4.64. The largest absolute Gasteiger partial charge is 0.480 e. The molecule has 1 atom stereocenters. The zero-order chi connectivity index (χ0) is 13.7. The number of amides is 1. The van der Waals surface area contributed by atoms with E-state index in [9.17, 15) is 9.59 Å². The van der Waals surface area contributed by atoms with Crippen LogP contribution in [0.15, 0.2) is 0 Å². The molecule has 0 aliphatic heterocycles. The number of carboxylic acids is 1.